The highest BCUT2D eigenvalue weighted by Crippen LogP contribution is 2.55. The van der Waals surface area contributed by atoms with Crippen molar-refractivity contribution in [2.24, 2.45) is 0 Å². The van der Waals surface area contributed by atoms with Crippen molar-refractivity contribution in [3.8, 4) is 83.6 Å². The molecule has 0 aliphatic carbocycles. The van der Waals surface area contributed by atoms with Crippen LogP contribution in [-0.4, -0.2) is 4.57 Å². The summed E-state index contributed by atoms with van der Waals surface area (Å²) >= 11 is 0. The smallest absolute Gasteiger partial charge is 0.0645 e. The van der Waals surface area contributed by atoms with E-state index >= 15 is 0 Å². The first-order valence-electron chi connectivity index (χ1n) is 44.8. The Morgan fingerprint density at radius 3 is 0.835 bits per heavy atom. The first-order valence-corrected chi connectivity index (χ1v) is 40.8. The maximum absolute atomic E-state index is 9.80. The van der Waals surface area contributed by atoms with E-state index < -0.39 is 41.7 Å². The number of fused-ring (bicyclic) bond motifs is 3. The molecule has 0 atom stereocenters. The zero-order valence-electron chi connectivity index (χ0n) is 79.2. The van der Waals surface area contributed by atoms with Crippen LogP contribution in [0.4, 0.5) is 34.1 Å². The van der Waals surface area contributed by atoms with E-state index in [-0.39, 0.29) is 66.4 Å². The van der Waals surface area contributed by atoms with Gasteiger partial charge in [0.2, 0.25) is 0 Å². The van der Waals surface area contributed by atoms with Crippen LogP contribution < -0.4 is 9.80 Å². The van der Waals surface area contributed by atoms with E-state index in [0.29, 0.717) is 11.4 Å². The molecule has 3 nitrogen and oxygen atoms in total. The minimum atomic E-state index is -0.528. The van der Waals surface area contributed by atoms with Crippen LogP contribution in [0.15, 0.2) is 315 Å². The van der Waals surface area contributed by atoms with Gasteiger partial charge in [-0.2, -0.15) is 0 Å². The highest BCUT2D eigenvalue weighted by atomic mass is 15.2. The van der Waals surface area contributed by atoms with Crippen molar-refractivity contribution < 1.29 is 11.0 Å². The lowest BCUT2D eigenvalue weighted by Gasteiger charge is -2.36. The highest BCUT2D eigenvalue weighted by molar-refractivity contribution is 6.10. The SMILES string of the molecule is [2H]c1c([2H])c([2H])c2c(c1[2H])c1c([2H])c([2H])c([2H])c([2H])c1n2-c1cccc(N(c2cc(N(c3ccc(-c4cc(-c5ccc(C(C)(C)C)cc5)cc(-c5ccc(C(C)(C)C)cc5)c4)cc3)c3c(-c4ccc(C(C)(C)C)cc4)cc(C(C)(C)C)cc3-c3ccc(C(C)(C)C)cc3)cc(C(C)(C)C)c2)c2c(-c3ccccc3)cc(C(C)(C)C)cc2-c2ccccc2)c1. The summed E-state index contributed by atoms with van der Waals surface area (Å²) in [5, 5.41) is 0.00563. The van der Waals surface area contributed by atoms with Crippen molar-refractivity contribution in [1.82, 2.24) is 4.57 Å². The van der Waals surface area contributed by atoms with Crippen molar-refractivity contribution in [1.29, 1.82) is 0 Å². The number of hydrogen-bond acceptors (Lipinski definition) is 2. The summed E-state index contributed by atoms with van der Waals surface area (Å²) in [5.74, 6) is 0. The van der Waals surface area contributed by atoms with Gasteiger partial charge in [0, 0.05) is 61.5 Å². The Kier molecular flexibility index (Phi) is 18.0. The Morgan fingerprint density at radius 2 is 0.504 bits per heavy atom. The fourth-order valence-electron chi connectivity index (χ4n) is 15.8. The van der Waals surface area contributed by atoms with Crippen LogP contribution >= 0.6 is 0 Å². The first kappa shape index (κ1) is 69.0. The van der Waals surface area contributed by atoms with Crippen molar-refractivity contribution in [2.75, 3.05) is 9.80 Å². The van der Waals surface area contributed by atoms with Crippen molar-refractivity contribution in [2.45, 2.75) is 183 Å². The van der Waals surface area contributed by atoms with E-state index in [4.69, 9.17) is 2.74 Å². The summed E-state index contributed by atoms with van der Waals surface area (Å²) in [7, 11) is 0. The Balaban J connectivity index is 1.09. The van der Waals surface area contributed by atoms with Crippen molar-refractivity contribution >= 4 is 55.9 Å². The number of nitrogens with zero attached hydrogens (tertiary/aromatic N) is 3. The third kappa shape index (κ3) is 16.2. The van der Waals surface area contributed by atoms with E-state index in [1.807, 2.05) is 30.3 Å². The standard InChI is InChI=1S/C112H115N3/c1-106(2,3)84-53-43-74(44-54-84)81-63-82(75-45-55-85(56-46-75)107(4,5)6)65-83(64-81)76-51-61-91(62-52-76)113(104-100(79-47-57-86(58-48-79)108(7,8)9)70-90(112(19,20)21)71-101(104)80-49-59-87(60-50-80)109(10,11)12)94-66-88(110(13,14)15)67-95(73-94)114(92-37-32-38-93(72-92)115-102-41-30-28-39-96(102)97-40-29-31-42-103(97)115)105-98(77-33-24-22-25-34-77)68-89(111(16,17)18)69-99(105)78-35-26-23-27-36-78/h22-73H,1-21H3/i28D,29D,30D,31D,39D,40D,41D,42D. The van der Waals surface area contributed by atoms with Crippen LogP contribution in [0, 0.1) is 0 Å². The Hall–Kier alpha value is -11.5. The van der Waals surface area contributed by atoms with Crippen LogP contribution in [0.3, 0.4) is 0 Å². The number of anilines is 6. The molecule has 14 aromatic carbocycles. The second-order valence-electron chi connectivity index (χ2n) is 38.7. The highest BCUT2D eigenvalue weighted by Gasteiger charge is 2.33. The summed E-state index contributed by atoms with van der Waals surface area (Å²) in [6.07, 6.45) is 0. The molecule has 0 fully saturated rings. The van der Waals surface area contributed by atoms with Crippen LogP contribution in [0.5, 0.6) is 0 Å². The molecule has 1 heterocycles. The second kappa shape index (κ2) is 30.0. The van der Waals surface area contributed by atoms with E-state index in [1.54, 1.807) is 4.57 Å². The lowest BCUT2D eigenvalue weighted by atomic mass is 9.80. The van der Waals surface area contributed by atoms with E-state index in [1.165, 1.54) is 27.8 Å². The molecule has 0 N–H and O–H groups in total. The lowest BCUT2D eigenvalue weighted by molar-refractivity contribution is 0.589. The van der Waals surface area contributed by atoms with Gasteiger partial charge in [-0.15, -0.1) is 0 Å². The fraction of sp³-hybridized carbons (Fsp3) is 0.250. The molecular formula is C112H115N3. The summed E-state index contributed by atoms with van der Waals surface area (Å²) in [6, 6.07) is 95.0. The van der Waals surface area contributed by atoms with Gasteiger partial charge in [0.25, 0.3) is 0 Å². The van der Waals surface area contributed by atoms with Gasteiger partial charge in [0.15, 0.2) is 0 Å². The number of hydrogen-bond donors (Lipinski definition) is 0. The predicted molar refractivity (Wildman–Crippen MR) is 499 cm³/mol. The molecule has 0 bridgehead atoms. The quantitative estimate of drug-likeness (QED) is 0.107. The molecule has 15 rings (SSSR count). The first-order chi connectivity index (χ1) is 57.7. The van der Waals surface area contributed by atoms with Crippen LogP contribution in [0.25, 0.3) is 105 Å². The number of rotatable bonds is 14. The maximum Gasteiger partial charge on any atom is 0.0645 e. The summed E-state index contributed by atoms with van der Waals surface area (Å²) in [4.78, 5) is 4.87. The molecule has 0 saturated carbocycles. The third-order valence-electron chi connectivity index (χ3n) is 22.9. The summed E-state index contributed by atoms with van der Waals surface area (Å²) < 4.78 is 76.9. The average Bonchev–Trinajstić information content (AvgIpc) is 1.52. The molecule has 0 radical (unpaired) electrons. The normalized spacial score (nSPS) is 13.5. The summed E-state index contributed by atoms with van der Waals surface area (Å²) in [6.45, 7) is 47.7. The molecule has 0 spiro atoms. The van der Waals surface area contributed by atoms with E-state index in [9.17, 15) is 8.22 Å². The average molecular weight is 1510 g/mol. The second-order valence-corrected chi connectivity index (χ2v) is 38.7. The molecule has 15 aromatic rings. The maximum atomic E-state index is 9.80. The van der Waals surface area contributed by atoms with Gasteiger partial charge < -0.3 is 14.4 Å². The zero-order chi connectivity index (χ0) is 88.4. The topological polar surface area (TPSA) is 11.4 Å². The van der Waals surface area contributed by atoms with Gasteiger partial charge in [-0.1, -0.05) is 358 Å². The predicted octanol–water partition coefficient (Wildman–Crippen LogP) is 32.5. The molecule has 3 heteroatoms. The largest absolute Gasteiger partial charge is 0.309 e. The molecule has 578 valence electrons. The Bertz CT molecular complexity index is 6260. The van der Waals surface area contributed by atoms with Gasteiger partial charge in [0.1, 0.15) is 0 Å². The molecule has 0 aliphatic rings. The third-order valence-corrected chi connectivity index (χ3v) is 22.9. The van der Waals surface area contributed by atoms with Gasteiger partial charge in [-0.25, -0.2) is 0 Å². The molecule has 0 unspecified atom stereocenters. The summed E-state index contributed by atoms with van der Waals surface area (Å²) in [5.41, 5.74) is 26.9. The van der Waals surface area contributed by atoms with E-state index in [0.717, 1.165) is 117 Å². The van der Waals surface area contributed by atoms with Gasteiger partial charge in [-0.3, -0.25) is 0 Å². The zero-order valence-corrected chi connectivity index (χ0v) is 71.2. The van der Waals surface area contributed by atoms with Gasteiger partial charge in [0.05, 0.1) is 33.4 Å². The number of para-hydroxylation sites is 2. The minimum Gasteiger partial charge on any atom is -0.309 e. The lowest BCUT2D eigenvalue weighted by Crippen LogP contribution is -2.20. The molecule has 0 aliphatic heterocycles. The van der Waals surface area contributed by atoms with Crippen LogP contribution in [0.1, 0.15) is 195 Å². The van der Waals surface area contributed by atoms with Crippen molar-refractivity contribution in [3.63, 3.8) is 0 Å². The molecular weight excluding hydrogens is 1390 g/mol. The van der Waals surface area contributed by atoms with Gasteiger partial charge in [-0.05, 0) is 236 Å². The molecule has 0 amide bonds. The Morgan fingerprint density at radius 1 is 0.217 bits per heavy atom. The molecule has 115 heavy (non-hydrogen) atoms. The van der Waals surface area contributed by atoms with Gasteiger partial charge >= 0.3 is 0 Å². The fourth-order valence-corrected chi connectivity index (χ4v) is 15.8. The minimum absolute atomic E-state index is 0.00281. The molecule has 1 aromatic heterocycles. The Labute approximate surface area is 698 Å². The van der Waals surface area contributed by atoms with E-state index in [2.05, 4.69) is 392 Å². The monoisotopic (exact) mass is 1510 g/mol. The molecule has 0 saturated heterocycles. The number of benzene rings is 14. The van der Waals surface area contributed by atoms with Crippen LogP contribution in [0.2, 0.25) is 0 Å². The number of aromatic nitrogens is 1. The van der Waals surface area contributed by atoms with Crippen molar-refractivity contribution in [3.05, 3.63) is 354 Å². The van der Waals surface area contributed by atoms with Crippen LogP contribution in [-0.2, 0) is 37.9 Å².